The molecule has 1 saturated heterocycles. The van der Waals surface area contributed by atoms with Crippen molar-refractivity contribution in [3.05, 3.63) is 40.1 Å². The van der Waals surface area contributed by atoms with E-state index in [1.165, 1.54) is 32.1 Å². The van der Waals surface area contributed by atoms with E-state index < -0.39 is 5.76 Å². The van der Waals surface area contributed by atoms with Crippen molar-refractivity contribution in [2.24, 2.45) is 5.92 Å². The highest BCUT2D eigenvalue weighted by Gasteiger charge is 2.31. The van der Waals surface area contributed by atoms with Gasteiger partial charge in [0, 0.05) is 44.2 Å². The fourth-order valence-corrected chi connectivity index (χ4v) is 6.18. The molecular weight excluding hydrogens is 506 g/mol. The molecule has 10 nitrogen and oxygen atoms in total. The predicted octanol–water partition coefficient (Wildman–Crippen LogP) is 5.07. The van der Waals surface area contributed by atoms with Gasteiger partial charge in [0.05, 0.1) is 27.9 Å². The fourth-order valence-electron chi connectivity index (χ4n) is 6.01. The SMILES string of the molecule is CO[C@H]1CCN(c2nc3cc(-c4noc(=O)[nH]4)nc(-c4cncc(Cl)c4)c3n2CC2CCCCC2)[C@H](C)C1. The van der Waals surface area contributed by atoms with E-state index >= 15 is 0 Å². The van der Waals surface area contributed by atoms with Gasteiger partial charge in [-0.25, -0.2) is 14.8 Å². The molecule has 0 spiro atoms. The zero-order chi connectivity index (χ0) is 26.2. The Labute approximate surface area is 225 Å². The van der Waals surface area contributed by atoms with Crippen molar-refractivity contribution in [3.8, 4) is 22.8 Å². The van der Waals surface area contributed by atoms with Crippen LogP contribution < -0.4 is 10.7 Å². The van der Waals surface area contributed by atoms with E-state index in [1.54, 1.807) is 19.5 Å². The third-order valence-corrected chi connectivity index (χ3v) is 8.16. The average Bonchev–Trinajstić information content (AvgIpc) is 3.52. The van der Waals surface area contributed by atoms with Crippen LogP contribution >= 0.6 is 11.6 Å². The summed E-state index contributed by atoms with van der Waals surface area (Å²) in [5.41, 5.74) is 3.66. The van der Waals surface area contributed by atoms with Crippen molar-refractivity contribution in [3.63, 3.8) is 0 Å². The van der Waals surface area contributed by atoms with Gasteiger partial charge in [0.1, 0.15) is 5.69 Å². The lowest BCUT2D eigenvalue weighted by Gasteiger charge is -2.38. The van der Waals surface area contributed by atoms with Crippen molar-refractivity contribution < 1.29 is 9.26 Å². The smallest absolute Gasteiger partial charge is 0.381 e. The van der Waals surface area contributed by atoms with Crippen molar-refractivity contribution >= 4 is 28.6 Å². The minimum atomic E-state index is -0.633. The number of hydrogen-bond donors (Lipinski definition) is 1. The summed E-state index contributed by atoms with van der Waals surface area (Å²) in [5, 5.41) is 4.40. The van der Waals surface area contributed by atoms with Gasteiger partial charge >= 0.3 is 5.76 Å². The first kappa shape index (κ1) is 25.1. The van der Waals surface area contributed by atoms with Crippen LogP contribution in [0.5, 0.6) is 0 Å². The number of anilines is 1. The van der Waals surface area contributed by atoms with Crippen LogP contribution in [-0.4, -0.2) is 55.5 Å². The number of hydrogen-bond acceptors (Lipinski definition) is 8. The van der Waals surface area contributed by atoms with E-state index in [0.717, 1.165) is 48.5 Å². The van der Waals surface area contributed by atoms with E-state index in [9.17, 15) is 4.79 Å². The van der Waals surface area contributed by atoms with Crippen molar-refractivity contribution in [2.45, 2.75) is 70.6 Å². The minimum Gasteiger partial charge on any atom is -0.381 e. The molecule has 1 N–H and O–H groups in total. The molecule has 0 bridgehead atoms. The number of ether oxygens (including phenoxy) is 1. The predicted molar refractivity (Wildman–Crippen MR) is 145 cm³/mol. The molecule has 4 aromatic rings. The third-order valence-electron chi connectivity index (χ3n) is 7.95. The quantitative estimate of drug-likeness (QED) is 0.362. The highest BCUT2D eigenvalue weighted by atomic mass is 35.5. The summed E-state index contributed by atoms with van der Waals surface area (Å²) >= 11 is 6.37. The van der Waals surface area contributed by atoms with Gasteiger partial charge in [-0.05, 0) is 50.7 Å². The molecular formula is C27H32ClN7O3. The van der Waals surface area contributed by atoms with Crippen LogP contribution in [0.1, 0.15) is 51.9 Å². The van der Waals surface area contributed by atoms with Gasteiger partial charge in [-0.2, -0.15) is 0 Å². The van der Waals surface area contributed by atoms with Gasteiger partial charge in [0.25, 0.3) is 0 Å². The maximum atomic E-state index is 11.7. The molecule has 4 aromatic heterocycles. The Morgan fingerprint density at radius 3 is 2.71 bits per heavy atom. The van der Waals surface area contributed by atoms with Gasteiger partial charge in [0.2, 0.25) is 11.8 Å². The monoisotopic (exact) mass is 537 g/mol. The molecule has 0 unspecified atom stereocenters. The second-order valence-electron chi connectivity index (χ2n) is 10.5. The molecule has 0 aromatic carbocycles. The Balaban J connectivity index is 1.57. The summed E-state index contributed by atoms with van der Waals surface area (Å²) in [7, 11) is 1.79. The van der Waals surface area contributed by atoms with E-state index in [1.807, 2.05) is 12.1 Å². The topological polar surface area (TPSA) is 115 Å². The van der Waals surface area contributed by atoms with E-state index in [4.69, 9.17) is 30.8 Å². The lowest BCUT2D eigenvalue weighted by Crippen LogP contribution is -2.44. The maximum Gasteiger partial charge on any atom is 0.439 e. The normalized spacial score (nSPS) is 20.9. The first-order chi connectivity index (χ1) is 18.5. The van der Waals surface area contributed by atoms with Crippen LogP contribution in [0.15, 0.2) is 33.8 Å². The molecule has 6 rings (SSSR count). The lowest BCUT2D eigenvalue weighted by atomic mass is 9.89. The second kappa shape index (κ2) is 10.5. The molecule has 0 radical (unpaired) electrons. The molecule has 1 saturated carbocycles. The molecule has 2 aliphatic rings. The standard InChI is InChI=1S/C27H32ClN7O3/c1-16-10-20(37-2)8-9-34(16)26-31-21-12-22(25-32-27(36)38-33-25)30-23(18-11-19(28)14-29-13-18)24(21)35(26)15-17-6-4-3-5-7-17/h11-14,16-17,20H,3-10,15H2,1-2H3,(H,32,33,36)/t16-,20+/m1/s1. The summed E-state index contributed by atoms with van der Waals surface area (Å²) in [6.07, 6.45) is 11.7. The van der Waals surface area contributed by atoms with Crippen LogP contribution in [0.2, 0.25) is 5.02 Å². The van der Waals surface area contributed by atoms with Gasteiger partial charge in [-0.15, -0.1) is 0 Å². The van der Waals surface area contributed by atoms with Crippen molar-refractivity contribution in [2.75, 3.05) is 18.6 Å². The van der Waals surface area contributed by atoms with Gasteiger partial charge in [0.15, 0.2) is 0 Å². The Kier molecular flexibility index (Phi) is 6.92. The van der Waals surface area contributed by atoms with E-state index in [2.05, 4.69) is 31.5 Å². The van der Waals surface area contributed by atoms with Crippen LogP contribution in [-0.2, 0) is 11.3 Å². The molecule has 2 atom stereocenters. The van der Waals surface area contributed by atoms with Crippen LogP contribution in [0.4, 0.5) is 5.95 Å². The molecule has 11 heteroatoms. The summed E-state index contributed by atoms with van der Waals surface area (Å²) in [4.78, 5) is 31.2. The van der Waals surface area contributed by atoms with E-state index in [-0.39, 0.29) is 18.0 Å². The Hall–Kier alpha value is -3.24. The number of aromatic nitrogens is 6. The fraction of sp³-hybridized carbons (Fsp3) is 0.519. The van der Waals surface area contributed by atoms with Crippen LogP contribution in [0, 0.1) is 5.92 Å². The molecule has 0 amide bonds. The number of halogens is 1. The number of rotatable bonds is 6. The van der Waals surface area contributed by atoms with E-state index in [0.29, 0.717) is 22.3 Å². The number of piperidine rings is 1. The second-order valence-corrected chi connectivity index (χ2v) is 10.9. The molecule has 200 valence electrons. The summed E-state index contributed by atoms with van der Waals surface area (Å²) in [6.45, 7) is 3.96. The number of fused-ring (bicyclic) bond motifs is 1. The molecule has 1 aliphatic heterocycles. The lowest BCUT2D eigenvalue weighted by molar-refractivity contribution is 0.0716. The average molecular weight is 538 g/mol. The molecule has 1 aliphatic carbocycles. The van der Waals surface area contributed by atoms with Crippen molar-refractivity contribution in [1.82, 2.24) is 29.7 Å². The Morgan fingerprint density at radius 2 is 2.00 bits per heavy atom. The molecule has 38 heavy (non-hydrogen) atoms. The Bertz CT molecular complexity index is 1490. The largest absolute Gasteiger partial charge is 0.439 e. The zero-order valence-corrected chi connectivity index (χ0v) is 22.4. The van der Waals surface area contributed by atoms with Crippen LogP contribution in [0.3, 0.4) is 0 Å². The van der Waals surface area contributed by atoms with Gasteiger partial charge in [-0.1, -0.05) is 36.0 Å². The van der Waals surface area contributed by atoms with Crippen molar-refractivity contribution in [1.29, 1.82) is 0 Å². The summed E-state index contributed by atoms with van der Waals surface area (Å²) in [6, 6.07) is 4.00. The number of pyridine rings is 2. The maximum absolute atomic E-state index is 11.7. The number of H-pyrrole nitrogens is 1. The first-order valence-electron chi connectivity index (χ1n) is 13.4. The number of methoxy groups -OCH3 is 1. The number of imidazole rings is 1. The van der Waals surface area contributed by atoms with Gasteiger partial charge in [-0.3, -0.25) is 14.5 Å². The third kappa shape index (κ3) is 4.82. The van der Waals surface area contributed by atoms with Crippen LogP contribution in [0.25, 0.3) is 33.8 Å². The number of nitrogens with zero attached hydrogens (tertiary/aromatic N) is 6. The molecule has 5 heterocycles. The molecule has 2 fully saturated rings. The summed E-state index contributed by atoms with van der Waals surface area (Å²) < 4.78 is 12.8. The number of aromatic amines is 1. The highest BCUT2D eigenvalue weighted by molar-refractivity contribution is 6.30. The first-order valence-corrected chi connectivity index (χ1v) is 13.8. The zero-order valence-electron chi connectivity index (χ0n) is 21.7. The highest BCUT2D eigenvalue weighted by Crippen LogP contribution is 2.37. The Morgan fingerprint density at radius 1 is 1.16 bits per heavy atom. The van der Waals surface area contributed by atoms with Gasteiger partial charge < -0.3 is 14.2 Å². The summed E-state index contributed by atoms with van der Waals surface area (Å²) in [5.74, 6) is 1.14. The minimum absolute atomic E-state index is 0.253. The number of nitrogens with one attached hydrogen (secondary N) is 1.